The van der Waals surface area contributed by atoms with Crippen LogP contribution in [0.2, 0.25) is 10.0 Å². The molecule has 0 radical (unpaired) electrons. The van der Waals surface area contributed by atoms with Crippen LogP contribution in [-0.2, 0) is 32.6 Å². The van der Waals surface area contributed by atoms with Crippen LogP contribution in [0.1, 0.15) is 50.2 Å². The van der Waals surface area contributed by atoms with E-state index in [9.17, 15) is 18.0 Å². The molecule has 1 N–H and O–H groups in total. The van der Waals surface area contributed by atoms with E-state index < -0.39 is 28.5 Å². The Hall–Kier alpha value is -3.47. The van der Waals surface area contributed by atoms with Crippen molar-refractivity contribution in [2.75, 3.05) is 23.4 Å². The number of halogens is 2. The molecule has 1 aliphatic heterocycles. The molecule has 12 heteroatoms. The summed E-state index contributed by atoms with van der Waals surface area (Å²) in [5, 5.41) is 3.85. The summed E-state index contributed by atoms with van der Waals surface area (Å²) in [5.41, 5.74) is 1.56. The molecule has 1 aliphatic carbocycles. The number of ether oxygens (including phenoxy) is 2. The van der Waals surface area contributed by atoms with E-state index in [0.29, 0.717) is 27.1 Å². The Kier molecular flexibility index (Phi) is 10.8. The summed E-state index contributed by atoms with van der Waals surface area (Å²) in [4.78, 5) is 30.0. The van der Waals surface area contributed by atoms with Crippen molar-refractivity contribution in [3.8, 4) is 11.5 Å². The van der Waals surface area contributed by atoms with Gasteiger partial charge in [-0.3, -0.25) is 13.9 Å². The van der Waals surface area contributed by atoms with Crippen LogP contribution in [0.25, 0.3) is 0 Å². The summed E-state index contributed by atoms with van der Waals surface area (Å²) < 4.78 is 38.8. The zero-order chi connectivity index (χ0) is 32.0. The summed E-state index contributed by atoms with van der Waals surface area (Å²) in [6.45, 7) is 0.868. The smallest absolute Gasteiger partial charge is 0.244 e. The van der Waals surface area contributed by atoms with Gasteiger partial charge in [0.15, 0.2) is 11.5 Å². The molecule has 240 valence electrons. The molecule has 1 saturated carbocycles. The Morgan fingerprint density at radius 2 is 1.62 bits per heavy atom. The maximum atomic E-state index is 14.5. The first-order chi connectivity index (χ1) is 21.7. The molecule has 1 unspecified atom stereocenters. The Bertz CT molecular complexity index is 1600. The largest absolute Gasteiger partial charge is 0.454 e. The van der Waals surface area contributed by atoms with Crippen molar-refractivity contribution in [1.29, 1.82) is 0 Å². The quantitative estimate of drug-likeness (QED) is 0.254. The van der Waals surface area contributed by atoms with Gasteiger partial charge in [0.2, 0.25) is 28.6 Å². The molecule has 0 saturated heterocycles. The van der Waals surface area contributed by atoms with Crippen molar-refractivity contribution in [2.24, 2.45) is 0 Å². The second kappa shape index (κ2) is 14.7. The van der Waals surface area contributed by atoms with E-state index >= 15 is 0 Å². The highest BCUT2D eigenvalue weighted by Crippen LogP contribution is 2.36. The average molecular weight is 675 g/mol. The van der Waals surface area contributed by atoms with E-state index in [1.165, 1.54) is 17.9 Å². The maximum Gasteiger partial charge on any atom is 0.244 e. The molecule has 0 bridgehead atoms. The van der Waals surface area contributed by atoms with Crippen molar-refractivity contribution in [3.05, 3.63) is 87.9 Å². The lowest BCUT2D eigenvalue weighted by atomic mass is 9.94. The standard InChI is InChI=1S/C33H37Cl2N3O6S/c1-2-45(41,42)38(25-16-17-30-31(19-25)44-22-43-30)21-32(39)37(20-26-27(34)14-9-15-28(26)35)29(18-23-10-5-3-6-11-23)33(40)36-24-12-7-4-8-13-24/h3,5-6,9-11,14-17,19,24,29H,2,4,7-8,12-13,18,20-22H2,1H3,(H,36,40). The molecule has 0 aromatic heterocycles. The van der Waals surface area contributed by atoms with Crippen molar-refractivity contribution in [1.82, 2.24) is 10.2 Å². The van der Waals surface area contributed by atoms with E-state index in [0.717, 1.165) is 42.0 Å². The van der Waals surface area contributed by atoms with Crippen LogP contribution in [-0.4, -0.2) is 56.3 Å². The molecule has 1 atom stereocenters. The predicted octanol–water partition coefficient (Wildman–Crippen LogP) is 5.97. The molecule has 3 aromatic carbocycles. The lowest BCUT2D eigenvalue weighted by Crippen LogP contribution is -2.55. The van der Waals surface area contributed by atoms with Crippen LogP contribution in [0.5, 0.6) is 11.5 Å². The van der Waals surface area contributed by atoms with E-state index in [-0.39, 0.29) is 43.1 Å². The molecule has 1 heterocycles. The normalized spacial score (nSPS) is 15.4. The van der Waals surface area contributed by atoms with Gasteiger partial charge in [0.1, 0.15) is 12.6 Å². The van der Waals surface area contributed by atoms with E-state index in [1.807, 2.05) is 30.3 Å². The SMILES string of the molecule is CCS(=O)(=O)N(CC(=O)N(Cc1c(Cl)cccc1Cl)C(Cc1ccccc1)C(=O)NC1CCCCC1)c1ccc2c(c1)OCO2. The fourth-order valence-electron chi connectivity index (χ4n) is 5.71. The third kappa shape index (κ3) is 8.04. The van der Waals surface area contributed by atoms with E-state index in [2.05, 4.69) is 5.32 Å². The van der Waals surface area contributed by atoms with Gasteiger partial charge in [-0.15, -0.1) is 0 Å². The molecule has 9 nitrogen and oxygen atoms in total. The molecule has 5 rings (SSSR count). The minimum absolute atomic E-state index is 0.00373. The van der Waals surface area contributed by atoms with Crippen LogP contribution in [0, 0.1) is 0 Å². The number of fused-ring (bicyclic) bond motifs is 1. The van der Waals surface area contributed by atoms with Crippen molar-refractivity contribution < 1.29 is 27.5 Å². The first-order valence-corrected chi connectivity index (χ1v) is 17.5. The third-order valence-electron chi connectivity index (χ3n) is 8.24. The number of anilines is 1. The van der Waals surface area contributed by atoms with Crippen LogP contribution < -0.4 is 19.1 Å². The van der Waals surface area contributed by atoms with E-state index in [1.54, 1.807) is 30.3 Å². The van der Waals surface area contributed by atoms with Gasteiger partial charge in [-0.1, -0.05) is 78.9 Å². The Morgan fingerprint density at radius 1 is 0.933 bits per heavy atom. The number of carbonyl (C=O) groups excluding carboxylic acids is 2. The van der Waals surface area contributed by atoms with E-state index in [4.69, 9.17) is 32.7 Å². The minimum Gasteiger partial charge on any atom is -0.454 e. The lowest BCUT2D eigenvalue weighted by molar-refractivity contribution is -0.140. The summed E-state index contributed by atoms with van der Waals surface area (Å²) in [5.74, 6) is -0.280. The number of nitrogens with zero attached hydrogens (tertiary/aromatic N) is 2. The molecule has 3 aromatic rings. The molecular weight excluding hydrogens is 637 g/mol. The van der Waals surface area contributed by atoms with Crippen LogP contribution >= 0.6 is 23.2 Å². The summed E-state index contributed by atoms with van der Waals surface area (Å²) >= 11 is 13.1. The van der Waals surface area contributed by atoms with Crippen molar-refractivity contribution >= 4 is 50.7 Å². The number of sulfonamides is 1. The minimum atomic E-state index is -3.94. The lowest BCUT2D eigenvalue weighted by Gasteiger charge is -2.35. The fraction of sp³-hybridized carbons (Fsp3) is 0.394. The average Bonchev–Trinajstić information content (AvgIpc) is 3.51. The Balaban J connectivity index is 1.54. The summed E-state index contributed by atoms with van der Waals surface area (Å²) in [7, 11) is -3.94. The van der Waals surface area contributed by atoms with Crippen LogP contribution in [0.4, 0.5) is 5.69 Å². The van der Waals surface area contributed by atoms with Crippen LogP contribution in [0.15, 0.2) is 66.7 Å². The third-order valence-corrected chi connectivity index (χ3v) is 10.7. The topological polar surface area (TPSA) is 105 Å². The number of nitrogens with one attached hydrogen (secondary N) is 1. The second-order valence-electron chi connectivity index (χ2n) is 11.2. The Labute approximate surface area is 274 Å². The number of hydrogen-bond donors (Lipinski definition) is 1. The number of hydrogen-bond acceptors (Lipinski definition) is 6. The van der Waals surface area contributed by atoms with Gasteiger partial charge in [0, 0.05) is 40.7 Å². The number of amides is 2. The molecule has 2 amide bonds. The summed E-state index contributed by atoms with van der Waals surface area (Å²) in [6, 6.07) is 18.2. The summed E-state index contributed by atoms with van der Waals surface area (Å²) in [6.07, 6.45) is 5.09. The van der Waals surface area contributed by atoms with Gasteiger partial charge in [0.05, 0.1) is 11.4 Å². The van der Waals surface area contributed by atoms with Gasteiger partial charge in [0.25, 0.3) is 0 Å². The maximum absolute atomic E-state index is 14.5. The zero-order valence-electron chi connectivity index (χ0n) is 25.1. The highest BCUT2D eigenvalue weighted by atomic mass is 35.5. The number of carbonyl (C=O) groups is 2. The van der Waals surface area contributed by atoms with Gasteiger partial charge in [-0.25, -0.2) is 8.42 Å². The number of rotatable bonds is 12. The van der Waals surface area contributed by atoms with Crippen molar-refractivity contribution in [2.45, 2.75) is 64.1 Å². The van der Waals surface area contributed by atoms with Gasteiger partial charge >= 0.3 is 0 Å². The first kappa shape index (κ1) is 32.9. The Morgan fingerprint density at radius 3 is 2.31 bits per heavy atom. The fourth-order valence-corrected chi connectivity index (χ4v) is 7.28. The monoisotopic (exact) mass is 673 g/mol. The predicted molar refractivity (Wildman–Crippen MR) is 175 cm³/mol. The molecular formula is C33H37Cl2N3O6S. The highest BCUT2D eigenvalue weighted by Gasteiger charge is 2.35. The van der Waals surface area contributed by atoms with Gasteiger partial charge in [-0.2, -0.15) is 0 Å². The molecule has 1 fully saturated rings. The molecule has 0 spiro atoms. The van der Waals surface area contributed by atoms with Crippen molar-refractivity contribution in [3.63, 3.8) is 0 Å². The number of benzene rings is 3. The second-order valence-corrected chi connectivity index (χ2v) is 14.2. The molecule has 2 aliphatic rings. The van der Waals surface area contributed by atoms with Gasteiger partial charge < -0.3 is 19.7 Å². The highest BCUT2D eigenvalue weighted by molar-refractivity contribution is 7.92. The molecule has 45 heavy (non-hydrogen) atoms. The first-order valence-electron chi connectivity index (χ1n) is 15.1. The van der Waals surface area contributed by atoms with Gasteiger partial charge in [-0.05, 0) is 49.6 Å². The zero-order valence-corrected chi connectivity index (χ0v) is 27.4. The van der Waals surface area contributed by atoms with Crippen LogP contribution in [0.3, 0.4) is 0 Å².